The van der Waals surface area contributed by atoms with E-state index in [2.05, 4.69) is 24.3 Å². The molecule has 0 spiro atoms. The normalized spacial score (nSPS) is 20.7. The van der Waals surface area contributed by atoms with E-state index in [1.807, 2.05) is 45.9 Å². The first-order chi connectivity index (χ1) is 16.7. The first-order valence-electron chi connectivity index (χ1n) is 14.3. The van der Waals surface area contributed by atoms with Crippen LogP contribution in [0.2, 0.25) is 0 Å². The third-order valence-corrected chi connectivity index (χ3v) is 10.7. The molecule has 0 aromatic heterocycles. The average Bonchev–Trinajstić information content (AvgIpc) is 2.85. The molecule has 2 aliphatic rings. The number of rotatable bonds is 8. The molecular weight excluding hydrogens is 423 g/mol. The van der Waals surface area contributed by atoms with Crippen LogP contribution in [0.15, 0.2) is 42.5 Å². The van der Waals surface area contributed by atoms with Crippen LogP contribution in [0.5, 0.6) is 11.5 Å². The van der Waals surface area contributed by atoms with Crippen molar-refractivity contribution in [1.29, 1.82) is 2.56 Å². The zero-order valence-corrected chi connectivity index (χ0v) is 22.1. The van der Waals surface area contributed by atoms with Crippen LogP contribution < -0.4 is 14.8 Å². The van der Waals surface area contributed by atoms with Gasteiger partial charge in [-0.25, -0.2) is 0 Å². The molecule has 2 aromatic rings. The van der Waals surface area contributed by atoms with Gasteiger partial charge < -0.3 is 0 Å². The summed E-state index contributed by atoms with van der Waals surface area (Å²) in [6, 6.07) is 14.4. The zero-order chi connectivity index (χ0) is 25.1. The molecule has 0 bridgehead atoms. The van der Waals surface area contributed by atoms with Gasteiger partial charge in [0.1, 0.15) is 0 Å². The standard InChI is InChI=1S/C30H45O2P/c1-22(2)31-27-19-13-20-28(32-23(3)4)30(27)26-18-11-12-21-29(26)33(24-14-7-5-8-15-24)25-16-9-6-10-17-25/h11-13,18-25H,5-10,14-17,33H2,1-4H3/i33D2. The fraction of sp³-hybridized carbons (Fsp3) is 0.600. The van der Waals surface area contributed by atoms with Crippen molar-refractivity contribution in [3.05, 3.63) is 42.5 Å². The maximum absolute atomic E-state index is 10.4. The number of hydrogen-bond donors (Lipinski definition) is 0. The van der Waals surface area contributed by atoms with Crippen LogP contribution >= 0.6 is 7.81 Å². The molecular formula is C30H45O2P. The molecule has 182 valence electrons. The average molecular weight is 471 g/mol. The fourth-order valence-electron chi connectivity index (χ4n) is 5.80. The van der Waals surface area contributed by atoms with Crippen LogP contribution in [0.3, 0.4) is 0 Å². The second-order valence-electron chi connectivity index (χ2n) is 10.5. The van der Waals surface area contributed by atoms with Gasteiger partial charge in [0.05, 0.1) is 0 Å². The predicted octanol–water partition coefficient (Wildman–Crippen LogP) is 8.17. The van der Waals surface area contributed by atoms with Gasteiger partial charge >= 0.3 is 206 Å². The third-order valence-electron chi connectivity index (χ3n) is 7.10. The van der Waals surface area contributed by atoms with Crippen LogP contribution in [0.1, 0.15) is 91.9 Å². The van der Waals surface area contributed by atoms with Gasteiger partial charge in [-0.3, -0.25) is 0 Å². The summed E-state index contributed by atoms with van der Waals surface area (Å²) in [4.78, 5) is 0. The predicted molar refractivity (Wildman–Crippen MR) is 146 cm³/mol. The van der Waals surface area contributed by atoms with Crippen molar-refractivity contribution in [2.24, 2.45) is 0 Å². The molecule has 2 saturated carbocycles. The van der Waals surface area contributed by atoms with E-state index in [0.717, 1.165) is 79.3 Å². The summed E-state index contributed by atoms with van der Waals surface area (Å²) < 4.78 is 33.5. The quantitative estimate of drug-likeness (QED) is 0.362. The monoisotopic (exact) mass is 470 g/mol. The van der Waals surface area contributed by atoms with E-state index >= 15 is 0 Å². The van der Waals surface area contributed by atoms with E-state index in [4.69, 9.17) is 9.47 Å². The molecule has 2 aromatic carbocycles. The van der Waals surface area contributed by atoms with Gasteiger partial charge in [-0.15, -0.1) is 0 Å². The van der Waals surface area contributed by atoms with Crippen molar-refractivity contribution in [2.75, 3.05) is 0 Å². The summed E-state index contributed by atoms with van der Waals surface area (Å²) in [7, 11) is -3.80. The van der Waals surface area contributed by atoms with E-state index in [-0.39, 0.29) is 23.5 Å². The fourth-order valence-corrected chi connectivity index (χ4v) is 9.75. The Labute approximate surface area is 205 Å². The molecule has 2 nitrogen and oxygen atoms in total. The summed E-state index contributed by atoms with van der Waals surface area (Å²) in [6.07, 6.45) is 11.2. The van der Waals surface area contributed by atoms with E-state index in [1.165, 1.54) is 12.8 Å². The van der Waals surface area contributed by atoms with Crippen molar-refractivity contribution < 1.29 is 9.47 Å². The maximum atomic E-state index is 10.4. The van der Waals surface area contributed by atoms with Gasteiger partial charge in [-0.05, 0) is 0 Å². The Kier molecular flexibility index (Phi) is 7.82. The number of hydrogen-bond acceptors (Lipinski definition) is 2. The number of ether oxygens (including phenoxy) is 2. The summed E-state index contributed by atoms with van der Waals surface area (Å²) in [5.74, 6) is 1.58. The second kappa shape index (κ2) is 11.7. The van der Waals surface area contributed by atoms with Crippen LogP contribution in [-0.2, 0) is 0 Å². The summed E-state index contributed by atoms with van der Waals surface area (Å²) in [5.41, 5.74) is 2.22. The van der Waals surface area contributed by atoms with E-state index < -0.39 is 7.81 Å². The van der Waals surface area contributed by atoms with Crippen LogP contribution in [0.25, 0.3) is 11.1 Å². The van der Waals surface area contributed by atoms with E-state index in [1.54, 1.807) is 0 Å². The summed E-state index contributed by atoms with van der Waals surface area (Å²) in [5, 5.41) is 0.964. The van der Waals surface area contributed by atoms with Gasteiger partial charge in [0.25, 0.3) is 0 Å². The molecule has 4 rings (SSSR count). The third kappa shape index (κ3) is 6.13. The molecule has 33 heavy (non-hydrogen) atoms. The summed E-state index contributed by atoms with van der Waals surface area (Å²) >= 11 is 0. The Morgan fingerprint density at radius 2 is 1.18 bits per heavy atom. The molecule has 0 unspecified atom stereocenters. The van der Waals surface area contributed by atoms with Crippen LogP contribution in [0, 0.1) is 0 Å². The molecule has 3 heteroatoms. The zero-order valence-electron chi connectivity index (χ0n) is 23.2. The molecule has 0 aliphatic heterocycles. The van der Waals surface area contributed by atoms with Crippen LogP contribution in [-0.4, -0.2) is 26.1 Å². The number of benzene rings is 2. The Hall–Kier alpha value is -1.53. The minimum absolute atomic E-state index is 0.0223. The Morgan fingerprint density at radius 3 is 1.67 bits per heavy atom. The summed E-state index contributed by atoms with van der Waals surface area (Å²) in [6.45, 7) is 8.19. The molecule has 2 fully saturated rings. The molecule has 0 N–H and O–H groups in total. The molecule has 0 amide bonds. The van der Waals surface area contributed by atoms with Crippen molar-refractivity contribution in [1.82, 2.24) is 0 Å². The Bertz CT molecular complexity index is 941. The molecule has 0 radical (unpaired) electrons. The van der Waals surface area contributed by atoms with Gasteiger partial charge in [0.15, 0.2) is 0 Å². The Morgan fingerprint density at radius 1 is 0.697 bits per heavy atom. The van der Waals surface area contributed by atoms with Crippen molar-refractivity contribution >= 4 is 13.1 Å². The van der Waals surface area contributed by atoms with Crippen molar-refractivity contribution in [3.8, 4) is 22.6 Å². The molecule has 0 atom stereocenters. The van der Waals surface area contributed by atoms with Gasteiger partial charge in [-0.2, -0.15) is 0 Å². The first kappa shape index (κ1) is 22.0. The SMILES string of the molecule is [2H]P([2H])(c1ccccc1-c1c(OC(C)C)cccc1OC(C)C)(C1CCCCC1)C1CCCCC1. The van der Waals surface area contributed by atoms with Crippen molar-refractivity contribution in [3.63, 3.8) is 0 Å². The van der Waals surface area contributed by atoms with Crippen molar-refractivity contribution in [2.45, 2.75) is 115 Å². The minimum atomic E-state index is -3.80. The second-order valence-corrected chi connectivity index (χ2v) is 13.2. The Balaban J connectivity index is 1.97. The molecule has 0 saturated heterocycles. The van der Waals surface area contributed by atoms with Gasteiger partial charge in [0, 0.05) is 0 Å². The van der Waals surface area contributed by atoms with Crippen LogP contribution in [0.4, 0.5) is 0 Å². The van der Waals surface area contributed by atoms with Gasteiger partial charge in [-0.1, -0.05) is 0 Å². The van der Waals surface area contributed by atoms with E-state index in [9.17, 15) is 2.56 Å². The topological polar surface area (TPSA) is 18.5 Å². The van der Waals surface area contributed by atoms with E-state index in [0.29, 0.717) is 0 Å². The molecule has 0 heterocycles. The van der Waals surface area contributed by atoms with Gasteiger partial charge in [0.2, 0.25) is 0 Å². The first-order valence-corrected chi connectivity index (χ1v) is 14.9. The molecule has 2 aliphatic carbocycles.